The summed E-state index contributed by atoms with van der Waals surface area (Å²) in [5.74, 6) is 0.447. The van der Waals surface area contributed by atoms with Crippen LogP contribution in [0.5, 0.6) is 0 Å². The van der Waals surface area contributed by atoms with E-state index in [1.807, 2.05) is 54.6 Å². The largest absolute Gasteiger partial charge is 0.330 e. The van der Waals surface area contributed by atoms with Gasteiger partial charge in [-0.25, -0.2) is 0 Å². The molecule has 0 bridgehead atoms. The van der Waals surface area contributed by atoms with E-state index < -0.39 is 0 Å². The topological polar surface area (TPSA) is 54.9 Å². The second kappa shape index (κ2) is 7.72. The molecule has 4 nitrogen and oxygen atoms in total. The Morgan fingerprint density at radius 2 is 1.96 bits per heavy atom. The van der Waals surface area contributed by atoms with Crippen molar-refractivity contribution in [1.82, 2.24) is 10.2 Å². The second-order valence-corrected chi connectivity index (χ2v) is 7.70. The number of hydrogen-bond donors (Lipinski definition) is 1. The maximum atomic E-state index is 12.1. The zero-order valence-electron chi connectivity index (χ0n) is 11.9. The van der Waals surface area contributed by atoms with Gasteiger partial charge in [0.25, 0.3) is 0 Å². The van der Waals surface area contributed by atoms with Gasteiger partial charge < -0.3 is 5.32 Å². The summed E-state index contributed by atoms with van der Waals surface area (Å²) in [7, 11) is 0. The number of halogens is 1. The molecule has 3 rings (SSSR count). The first-order valence-corrected chi connectivity index (χ1v) is 9.37. The molecule has 3 aromatic rings. The Bertz CT molecular complexity index is 808. The van der Waals surface area contributed by atoms with Crippen molar-refractivity contribution in [3.63, 3.8) is 0 Å². The van der Waals surface area contributed by atoms with Gasteiger partial charge in [-0.3, -0.25) is 4.79 Å². The van der Waals surface area contributed by atoms with Crippen LogP contribution in [0.25, 0.3) is 0 Å². The monoisotopic (exact) mass is 405 g/mol. The van der Waals surface area contributed by atoms with Gasteiger partial charge in [0.05, 0.1) is 5.75 Å². The molecule has 0 fully saturated rings. The van der Waals surface area contributed by atoms with Gasteiger partial charge in [-0.2, -0.15) is 0 Å². The SMILES string of the molecule is O=C(CSc1nnc(Nc2cccc(Br)c2)s1)c1ccccc1. The Kier molecular flexibility index (Phi) is 5.43. The van der Waals surface area contributed by atoms with E-state index in [9.17, 15) is 4.79 Å². The van der Waals surface area contributed by atoms with E-state index in [0.29, 0.717) is 10.9 Å². The van der Waals surface area contributed by atoms with Crippen LogP contribution in [-0.2, 0) is 0 Å². The lowest BCUT2D eigenvalue weighted by Crippen LogP contribution is -2.01. The lowest BCUT2D eigenvalue weighted by molar-refractivity contribution is 0.102. The zero-order chi connectivity index (χ0) is 16.1. The van der Waals surface area contributed by atoms with Crippen LogP contribution in [0, 0.1) is 0 Å². The number of benzene rings is 2. The van der Waals surface area contributed by atoms with Gasteiger partial charge in [0.15, 0.2) is 10.1 Å². The highest BCUT2D eigenvalue weighted by Crippen LogP contribution is 2.28. The molecule has 0 atom stereocenters. The summed E-state index contributed by atoms with van der Waals surface area (Å²) in [6, 6.07) is 17.1. The van der Waals surface area contributed by atoms with Crippen molar-refractivity contribution in [2.75, 3.05) is 11.1 Å². The van der Waals surface area contributed by atoms with Crippen molar-refractivity contribution in [1.29, 1.82) is 0 Å². The molecule has 0 aliphatic rings. The fraction of sp³-hybridized carbons (Fsp3) is 0.0625. The molecule has 0 saturated carbocycles. The van der Waals surface area contributed by atoms with E-state index in [4.69, 9.17) is 0 Å². The first kappa shape index (κ1) is 16.2. The van der Waals surface area contributed by atoms with Crippen LogP contribution in [0.1, 0.15) is 10.4 Å². The van der Waals surface area contributed by atoms with Crippen LogP contribution >= 0.6 is 39.0 Å². The molecule has 116 valence electrons. The Morgan fingerprint density at radius 1 is 1.13 bits per heavy atom. The quantitative estimate of drug-likeness (QED) is 0.460. The maximum absolute atomic E-state index is 12.1. The zero-order valence-corrected chi connectivity index (χ0v) is 15.1. The summed E-state index contributed by atoms with van der Waals surface area (Å²) >= 11 is 6.27. The fourth-order valence-electron chi connectivity index (χ4n) is 1.84. The number of ketones is 1. The molecule has 1 aromatic heterocycles. The van der Waals surface area contributed by atoms with Crippen LogP contribution in [0.3, 0.4) is 0 Å². The number of aromatic nitrogens is 2. The Hall–Kier alpha value is -1.70. The van der Waals surface area contributed by atoms with Gasteiger partial charge in [-0.15, -0.1) is 10.2 Å². The van der Waals surface area contributed by atoms with Crippen molar-refractivity contribution >= 4 is 55.6 Å². The van der Waals surface area contributed by atoms with Crippen LogP contribution in [0.2, 0.25) is 0 Å². The number of nitrogens with one attached hydrogen (secondary N) is 1. The predicted octanol–water partition coefficient (Wildman–Crippen LogP) is 5.02. The summed E-state index contributed by atoms with van der Waals surface area (Å²) in [5, 5.41) is 12.1. The van der Waals surface area contributed by atoms with E-state index in [0.717, 1.165) is 20.1 Å². The Balaban J connectivity index is 1.58. The van der Waals surface area contributed by atoms with Crippen LogP contribution in [0.4, 0.5) is 10.8 Å². The summed E-state index contributed by atoms with van der Waals surface area (Å²) in [4.78, 5) is 12.1. The third-order valence-corrected chi connectivity index (χ3v) is 5.37. The normalized spacial score (nSPS) is 10.5. The third kappa shape index (κ3) is 4.63. The van der Waals surface area contributed by atoms with Gasteiger partial charge >= 0.3 is 0 Å². The molecule has 0 aliphatic heterocycles. The van der Waals surface area contributed by atoms with Gasteiger partial charge in [0.2, 0.25) is 5.13 Å². The molecule has 0 amide bonds. The molecule has 2 aromatic carbocycles. The number of carbonyl (C=O) groups excluding carboxylic acids is 1. The molecular formula is C16H12BrN3OS2. The Labute approximate surface area is 150 Å². The van der Waals surface area contributed by atoms with Crippen LogP contribution in [0.15, 0.2) is 63.4 Å². The van der Waals surface area contributed by atoms with Crippen LogP contribution in [-0.4, -0.2) is 21.7 Å². The molecule has 1 heterocycles. The smallest absolute Gasteiger partial charge is 0.210 e. The van der Waals surface area contributed by atoms with Crippen molar-refractivity contribution < 1.29 is 4.79 Å². The number of carbonyl (C=O) groups is 1. The average Bonchev–Trinajstić information content (AvgIpc) is 3.01. The van der Waals surface area contributed by atoms with E-state index in [-0.39, 0.29) is 5.78 Å². The highest BCUT2D eigenvalue weighted by atomic mass is 79.9. The fourth-order valence-corrected chi connectivity index (χ4v) is 3.91. The Morgan fingerprint density at radius 3 is 2.74 bits per heavy atom. The van der Waals surface area contributed by atoms with E-state index in [1.54, 1.807) is 0 Å². The van der Waals surface area contributed by atoms with Gasteiger partial charge in [-0.05, 0) is 18.2 Å². The van der Waals surface area contributed by atoms with E-state index in [2.05, 4.69) is 31.4 Å². The second-order valence-electron chi connectivity index (χ2n) is 4.59. The maximum Gasteiger partial charge on any atom is 0.210 e. The van der Waals surface area contributed by atoms with Gasteiger partial charge in [0.1, 0.15) is 0 Å². The molecule has 23 heavy (non-hydrogen) atoms. The van der Waals surface area contributed by atoms with Crippen molar-refractivity contribution in [2.45, 2.75) is 4.34 Å². The number of Topliss-reactive ketones (excluding diaryl/α,β-unsaturated/α-hetero) is 1. The summed E-state index contributed by atoms with van der Waals surface area (Å²) in [5.41, 5.74) is 1.66. The van der Waals surface area contributed by atoms with E-state index in [1.165, 1.54) is 23.1 Å². The third-order valence-electron chi connectivity index (χ3n) is 2.90. The minimum absolute atomic E-state index is 0.0901. The minimum atomic E-state index is 0.0901. The minimum Gasteiger partial charge on any atom is -0.330 e. The summed E-state index contributed by atoms with van der Waals surface area (Å²) < 4.78 is 1.77. The standard InChI is InChI=1S/C16H12BrN3OS2/c17-12-7-4-8-13(9-12)18-15-19-20-16(23-15)22-10-14(21)11-5-2-1-3-6-11/h1-9H,10H2,(H,18,19). The number of nitrogens with zero attached hydrogens (tertiary/aromatic N) is 2. The van der Waals surface area contributed by atoms with Crippen molar-refractivity contribution in [3.05, 3.63) is 64.6 Å². The predicted molar refractivity (Wildman–Crippen MR) is 98.8 cm³/mol. The lowest BCUT2D eigenvalue weighted by atomic mass is 10.2. The van der Waals surface area contributed by atoms with Crippen LogP contribution < -0.4 is 5.32 Å². The number of rotatable bonds is 6. The number of hydrogen-bond acceptors (Lipinski definition) is 6. The molecule has 0 radical (unpaired) electrons. The number of anilines is 2. The van der Waals surface area contributed by atoms with Crippen molar-refractivity contribution in [2.24, 2.45) is 0 Å². The van der Waals surface area contributed by atoms with Crippen molar-refractivity contribution in [3.8, 4) is 0 Å². The molecule has 7 heteroatoms. The summed E-state index contributed by atoms with van der Waals surface area (Å²) in [6.07, 6.45) is 0. The highest BCUT2D eigenvalue weighted by Gasteiger charge is 2.10. The molecule has 0 aliphatic carbocycles. The van der Waals surface area contributed by atoms with Gasteiger partial charge in [0, 0.05) is 15.7 Å². The molecular weight excluding hydrogens is 394 g/mol. The molecule has 0 saturated heterocycles. The first-order chi connectivity index (χ1) is 11.2. The lowest BCUT2D eigenvalue weighted by Gasteiger charge is -2.01. The summed E-state index contributed by atoms with van der Waals surface area (Å²) in [6.45, 7) is 0. The van der Waals surface area contributed by atoms with E-state index >= 15 is 0 Å². The first-order valence-electron chi connectivity index (χ1n) is 6.78. The number of thioether (sulfide) groups is 1. The molecule has 1 N–H and O–H groups in total. The average molecular weight is 406 g/mol. The molecule has 0 unspecified atom stereocenters. The highest BCUT2D eigenvalue weighted by molar-refractivity contribution is 9.10. The molecule has 0 spiro atoms. The van der Waals surface area contributed by atoms with Gasteiger partial charge in [-0.1, -0.05) is 75.4 Å².